The molecule has 2 heterocycles. The monoisotopic (exact) mass is 793 g/mol. The third kappa shape index (κ3) is 6.90. The number of hydrogen-bond acceptors (Lipinski definition) is 2. The van der Waals surface area contributed by atoms with Crippen LogP contribution in [0.1, 0.15) is 18.4 Å². The summed E-state index contributed by atoms with van der Waals surface area (Å²) in [6.45, 7) is 0. The van der Waals surface area contributed by atoms with Crippen LogP contribution in [0.5, 0.6) is 0 Å². The standard InChI is InChI=1S/C59H43N3/c1-5-14-42(15-6-1)44-24-28-50(29-25-44)61(51-30-26-45(27-31-51)46-36-38-60-39-37-46)52-32-34-53(35-33-52)62-57-23-13-22-54(47-18-9-3-10-19-47)58(57)56-41-49(43-16-7-2-8-17-43)40-55(59(56)62)48-20-11-4-12-21-48/h1-7,9-16,18-41H,8,17H2. The second-order valence-corrected chi connectivity index (χ2v) is 15.9. The van der Waals surface area contributed by atoms with Crippen molar-refractivity contribution in [3.63, 3.8) is 0 Å². The Morgan fingerprint density at radius 3 is 1.55 bits per heavy atom. The van der Waals surface area contributed by atoms with E-state index in [9.17, 15) is 0 Å². The summed E-state index contributed by atoms with van der Waals surface area (Å²) in [5.41, 5.74) is 19.0. The normalized spacial score (nSPS) is 12.4. The van der Waals surface area contributed by atoms with Crippen LogP contribution in [0.25, 0.3) is 77.6 Å². The number of pyridine rings is 1. The molecule has 3 nitrogen and oxygen atoms in total. The van der Waals surface area contributed by atoms with Crippen LogP contribution in [0.4, 0.5) is 17.1 Å². The largest absolute Gasteiger partial charge is 0.311 e. The van der Waals surface area contributed by atoms with Gasteiger partial charge in [0, 0.05) is 51.5 Å². The molecule has 1 aliphatic carbocycles. The topological polar surface area (TPSA) is 21.1 Å². The van der Waals surface area contributed by atoms with Gasteiger partial charge in [-0.1, -0.05) is 146 Å². The molecule has 0 unspecified atom stereocenters. The van der Waals surface area contributed by atoms with Gasteiger partial charge in [-0.05, 0) is 142 Å². The lowest BCUT2D eigenvalue weighted by atomic mass is 9.91. The fourth-order valence-electron chi connectivity index (χ4n) is 9.17. The second-order valence-electron chi connectivity index (χ2n) is 15.9. The Kier molecular flexibility index (Phi) is 9.68. The number of anilines is 3. The number of nitrogens with zero attached hydrogens (tertiary/aromatic N) is 3. The first kappa shape index (κ1) is 37.0. The molecular formula is C59H43N3. The second kappa shape index (κ2) is 16.2. The van der Waals surface area contributed by atoms with Gasteiger partial charge in [0.25, 0.3) is 0 Å². The van der Waals surface area contributed by atoms with E-state index in [2.05, 4.69) is 239 Å². The Morgan fingerprint density at radius 1 is 0.435 bits per heavy atom. The molecule has 0 fully saturated rings. The van der Waals surface area contributed by atoms with Gasteiger partial charge in [-0.25, -0.2) is 0 Å². The molecule has 294 valence electrons. The van der Waals surface area contributed by atoms with Crippen LogP contribution >= 0.6 is 0 Å². The van der Waals surface area contributed by atoms with Crippen LogP contribution in [0.2, 0.25) is 0 Å². The maximum Gasteiger partial charge on any atom is 0.0620 e. The molecule has 0 saturated heterocycles. The Bertz CT molecular complexity index is 3140. The Balaban J connectivity index is 1.10. The molecule has 62 heavy (non-hydrogen) atoms. The van der Waals surface area contributed by atoms with E-state index in [0.29, 0.717) is 0 Å². The van der Waals surface area contributed by atoms with Gasteiger partial charge in [0.05, 0.1) is 11.0 Å². The van der Waals surface area contributed by atoms with E-state index >= 15 is 0 Å². The smallest absolute Gasteiger partial charge is 0.0620 e. The molecule has 3 heteroatoms. The molecule has 0 aliphatic heterocycles. The summed E-state index contributed by atoms with van der Waals surface area (Å²) in [6, 6.07) is 74.9. The van der Waals surface area contributed by atoms with Gasteiger partial charge in [0.2, 0.25) is 0 Å². The molecule has 2 aromatic heterocycles. The minimum Gasteiger partial charge on any atom is -0.311 e. The van der Waals surface area contributed by atoms with E-state index in [1.54, 1.807) is 0 Å². The summed E-state index contributed by atoms with van der Waals surface area (Å²) >= 11 is 0. The average Bonchev–Trinajstić information content (AvgIpc) is 3.70. The van der Waals surface area contributed by atoms with Crippen LogP contribution in [0.15, 0.2) is 237 Å². The van der Waals surface area contributed by atoms with Gasteiger partial charge in [-0.3, -0.25) is 4.98 Å². The molecular weight excluding hydrogens is 751 g/mol. The third-order valence-corrected chi connectivity index (χ3v) is 12.2. The first-order valence-corrected chi connectivity index (χ1v) is 21.4. The van der Waals surface area contributed by atoms with Gasteiger partial charge < -0.3 is 9.47 Å². The van der Waals surface area contributed by atoms with Crippen molar-refractivity contribution in [2.24, 2.45) is 0 Å². The lowest BCUT2D eigenvalue weighted by molar-refractivity contribution is 1.05. The summed E-state index contributed by atoms with van der Waals surface area (Å²) in [4.78, 5) is 6.58. The molecule has 0 N–H and O–H groups in total. The predicted octanol–water partition coefficient (Wildman–Crippen LogP) is 16.0. The molecule has 1 aliphatic rings. The number of rotatable bonds is 9. The van der Waals surface area contributed by atoms with Crippen LogP contribution in [0, 0.1) is 0 Å². The Hall–Kier alpha value is -8.01. The van der Waals surface area contributed by atoms with Crippen molar-refractivity contribution >= 4 is 44.4 Å². The fraction of sp³-hybridized carbons (Fsp3) is 0.0339. The van der Waals surface area contributed by atoms with Crippen molar-refractivity contribution in [1.29, 1.82) is 0 Å². The molecule has 0 saturated carbocycles. The van der Waals surface area contributed by atoms with Crippen molar-refractivity contribution in [3.8, 4) is 50.2 Å². The van der Waals surface area contributed by atoms with E-state index in [4.69, 9.17) is 0 Å². The van der Waals surface area contributed by atoms with Crippen LogP contribution in [-0.4, -0.2) is 9.55 Å². The highest BCUT2D eigenvalue weighted by Gasteiger charge is 2.22. The molecule has 0 atom stereocenters. The number of fused-ring (bicyclic) bond motifs is 3. The van der Waals surface area contributed by atoms with Crippen LogP contribution < -0.4 is 4.90 Å². The fourth-order valence-corrected chi connectivity index (χ4v) is 9.17. The summed E-state index contributed by atoms with van der Waals surface area (Å²) in [7, 11) is 0. The zero-order chi connectivity index (χ0) is 41.2. The number of aromatic nitrogens is 2. The maximum absolute atomic E-state index is 4.23. The first-order valence-electron chi connectivity index (χ1n) is 21.4. The van der Waals surface area contributed by atoms with Crippen molar-refractivity contribution < 1.29 is 0 Å². The minimum absolute atomic E-state index is 1.03. The molecule has 10 aromatic rings. The maximum atomic E-state index is 4.23. The van der Waals surface area contributed by atoms with Gasteiger partial charge in [-0.2, -0.15) is 0 Å². The van der Waals surface area contributed by atoms with Crippen LogP contribution in [-0.2, 0) is 0 Å². The quantitative estimate of drug-likeness (QED) is 0.145. The van der Waals surface area contributed by atoms with Crippen molar-refractivity contribution in [2.45, 2.75) is 12.8 Å². The van der Waals surface area contributed by atoms with Crippen molar-refractivity contribution in [1.82, 2.24) is 9.55 Å². The lowest BCUT2D eigenvalue weighted by Crippen LogP contribution is -2.10. The van der Waals surface area contributed by atoms with E-state index in [-0.39, 0.29) is 0 Å². The predicted molar refractivity (Wildman–Crippen MR) is 261 cm³/mol. The lowest BCUT2D eigenvalue weighted by Gasteiger charge is -2.26. The molecule has 0 spiro atoms. The third-order valence-electron chi connectivity index (χ3n) is 12.2. The first-order chi connectivity index (χ1) is 30.8. The van der Waals surface area contributed by atoms with E-state index in [1.165, 1.54) is 66.3 Å². The highest BCUT2D eigenvalue weighted by Crippen LogP contribution is 2.45. The zero-order valence-corrected chi connectivity index (χ0v) is 34.3. The van der Waals surface area contributed by atoms with E-state index in [1.807, 2.05) is 12.4 Å². The van der Waals surface area contributed by atoms with Crippen molar-refractivity contribution in [3.05, 3.63) is 242 Å². The summed E-state index contributed by atoms with van der Waals surface area (Å²) < 4.78 is 2.49. The number of benzene rings is 8. The number of allylic oxidation sites excluding steroid dienone is 4. The Labute approximate surface area is 362 Å². The van der Waals surface area contributed by atoms with E-state index in [0.717, 1.165) is 46.7 Å². The van der Waals surface area contributed by atoms with Gasteiger partial charge in [-0.15, -0.1) is 0 Å². The van der Waals surface area contributed by atoms with Crippen molar-refractivity contribution in [2.75, 3.05) is 4.90 Å². The SMILES string of the molecule is C1=CCCC(c2cc(-c3ccccc3)c3c(c2)c2c(-c4ccccc4)cccc2n3-c2ccc(N(c3ccc(-c4ccccc4)cc3)c3ccc(-c4ccncc4)cc3)cc2)=C1. The summed E-state index contributed by atoms with van der Waals surface area (Å²) in [5.74, 6) is 0. The molecule has 8 aromatic carbocycles. The molecule has 0 radical (unpaired) electrons. The van der Waals surface area contributed by atoms with Gasteiger partial charge in [0.1, 0.15) is 0 Å². The summed E-state index contributed by atoms with van der Waals surface area (Å²) in [6.07, 6.45) is 12.5. The molecule has 11 rings (SSSR count). The number of hydrogen-bond donors (Lipinski definition) is 0. The van der Waals surface area contributed by atoms with Crippen LogP contribution in [0.3, 0.4) is 0 Å². The van der Waals surface area contributed by atoms with Gasteiger partial charge in [0.15, 0.2) is 0 Å². The molecule has 0 amide bonds. The highest BCUT2D eigenvalue weighted by molar-refractivity contribution is 6.19. The summed E-state index contributed by atoms with van der Waals surface area (Å²) in [5, 5.41) is 2.52. The van der Waals surface area contributed by atoms with Gasteiger partial charge >= 0.3 is 0 Å². The van der Waals surface area contributed by atoms with E-state index < -0.39 is 0 Å². The Morgan fingerprint density at radius 2 is 0.968 bits per heavy atom. The zero-order valence-electron chi connectivity index (χ0n) is 34.3. The average molecular weight is 794 g/mol. The highest BCUT2D eigenvalue weighted by atomic mass is 15.1. The molecule has 0 bridgehead atoms. The minimum atomic E-state index is 1.03.